The number of imidazole rings is 1. The Morgan fingerprint density at radius 3 is 2.61 bits per heavy atom. The number of benzene rings is 3. The molecule has 3 aromatic carbocycles. The summed E-state index contributed by atoms with van der Waals surface area (Å²) in [5.41, 5.74) is 3.87. The van der Waals surface area contributed by atoms with Gasteiger partial charge in [-0.15, -0.1) is 0 Å². The Labute approximate surface area is 161 Å². The molecule has 4 nitrogen and oxygen atoms in total. The van der Waals surface area contributed by atoms with Crippen LogP contribution in [0.2, 0.25) is 0 Å². The Kier molecular flexibility index (Phi) is 4.72. The SMILES string of the molecule is Cc1cccc(C(=O)NC(=Cc2ccccc2F)c2nc3ccccc3[nH]2)c1. The summed E-state index contributed by atoms with van der Waals surface area (Å²) in [5.74, 6) is -0.196. The molecule has 2 N–H and O–H groups in total. The molecule has 0 aliphatic rings. The van der Waals surface area contributed by atoms with Gasteiger partial charge in [0.1, 0.15) is 5.82 Å². The fraction of sp³-hybridized carbons (Fsp3) is 0.0435. The molecule has 0 spiro atoms. The van der Waals surface area contributed by atoms with Gasteiger partial charge in [0, 0.05) is 11.1 Å². The number of aromatic amines is 1. The van der Waals surface area contributed by atoms with Gasteiger partial charge in [-0.25, -0.2) is 9.37 Å². The van der Waals surface area contributed by atoms with E-state index in [1.807, 2.05) is 43.3 Å². The minimum Gasteiger partial charge on any atom is -0.337 e. The lowest BCUT2D eigenvalue weighted by molar-refractivity contribution is 0.0973. The summed E-state index contributed by atoms with van der Waals surface area (Å²) in [6.07, 6.45) is 1.58. The van der Waals surface area contributed by atoms with E-state index < -0.39 is 0 Å². The van der Waals surface area contributed by atoms with Crippen molar-refractivity contribution in [3.8, 4) is 0 Å². The van der Waals surface area contributed by atoms with Gasteiger partial charge < -0.3 is 10.3 Å². The standard InChI is InChI=1S/C23H18FN3O/c1-15-7-6-9-17(13-15)23(28)27-21(14-16-8-2-3-10-18(16)24)22-25-19-11-4-5-12-20(19)26-22/h2-14H,1H3,(H,25,26)(H,27,28). The highest BCUT2D eigenvalue weighted by Gasteiger charge is 2.14. The van der Waals surface area contributed by atoms with Crippen LogP contribution >= 0.6 is 0 Å². The van der Waals surface area contributed by atoms with E-state index in [1.165, 1.54) is 6.07 Å². The third-order valence-corrected chi connectivity index (χ3v) is 4.38. The number of hydrogen-bond donors (Lipinski definition) is 2. The second-order valence-corrected chi connectivity index (χ2v) is 6.51. The number of aryl methyl sites for hydroxylation is 1. The van der Waals surface area contributed by atoms with Crippen LogP contribution in [0.5, 0.6) is 0 Å². The van der Waals surface area contributed by atoms with Crippen LogP contribution in [0.15, 0.2) is 72.8 Å². The summed E-state index contributed by atoms with van der Waals surface area (Å²) in [5, 5.41) is 2.88. The number of H-pyrrole nitrogens is 1. The lowest BCUT2D eigenvalue weighted by Gasteiger charge is -2.09. The quantitative estimate of drug-likeness (QED) is 0.534. The van der Waals surface area contributed by atoms with E-state index in [1.54, 1.807) is 36.4 Å². The molecule has 1 amide bonds. The van der Waals surface area contributed by atoms with Crippen molar-refractivity contribution in [3.05, 3.63) is 101 Å². The first-order valence-corrected chi connectivity index (χ1v) is 8.89. The third-order valence-electron chi connectivity index (χ3n) is 4.38. The molecule has 4 rings (SSSR count). The summed E-state index contributed by atoms with van der Waals surface area (Å²) >= 11 is 0. The van der Waals surface area contributed by atoms with Crippen LogP contribution in [-0.4, -0.2) is 15.9 Å². The smallest absolute Gasteiger partial charge is 0.255 e. The van der Waals surface area contributed by atoms with Crippen molar-refractivity contribution >= 4 is 28.7 Å². The van der Waals surface area contributed by atoms with Crippen LogP contribution in [0.4, 0.5) is 4.39 Å². The number of para-hydroxylation sites is 2. The second kappa shape index (κ2) is 7.48. The average Bonchev–Trinajstić information content (AvgIpc) is 3.13. The fourth-order valence-corrected chi connectivity index (χ4v) is 2.97. The van der Waals surface area contributed by atoms with E-state index in [0.29, 0.717) is 22.6 Å². The van der Waals surface area contributed by atoms with Crippen molar-refractivity contribution in [2.24, 2.45) is 0 Å². The first-order valence-electron chi connectivity index (χ1n) is 8.89. The van der Waals surface area contributed by atoms with Gasteiger partial charge >= 0.3 is 0 Å². The number of aromatic nitrogens is 2. The monoisotopic (exact) mass is 371 g/mol. The Morgan fingerprint density at radius 1 is 1.04 bits per heavy atom. The van der Waals surface area contributed by atoms with E-state index in [0.717, 1.165) is 16.6 Å². The highest BCUT2D eigenvalue weighted by molar-refractivity contribution is 6.01. The van der Waals surface area contributed by atoms with Gasteiger partial charge in [0.25, 0.3) is 5.91 Å². The highest BCUT2D eigenvalue weighted by atomic mass is 19.1. The van der Waals surface area contributed by atoms with Gasteiger partial charge in [0.2, 0.25) is 0 Å². The maximum absolute atomic E-state index is 14.2. The summed E-state index contributed by atoms with van der Waals surface area (Å²) in [6.45, 7) is 1.92. The summed E-state index contributed by atoms with van der Waals surface area (Å²) in [6, 6.07) is 21.2. The molecule has 0 saturated heterocycles. The molecule has 0 radical (unpaired) electrons. The van der Waals surface area contributed by atoms with E-state index in [2.05, 4.69) is 15.3 Å². The molecule has 0 unspecified atom stereocenters. The minimum absolute atomic E-state index is 0.285. The molecule has 5 heteroatoms. The molecule has 0 fully saturated rings. The number of rotatable bonds is 4. The Bertz CT molecular complexity index is 1160. The summed E-state index contributed by atoms with van der Waals surface area (Å²) in [7, 11) is 0. The Morgan fingerprint density at radius 2 is 1.82 bits per heavy atom. The number of nitrogens with one attached hydrogen (secondary N) is 2. The molecule has 1 aromatic heterocycles. The number of nitrogens with zero attached hydrogens (tertiary/aromatic N) is 1. The van der Waals surface area contributed by atoms with Crippen molar-refractivity contribution in [3.63, 3.8) is 0 Å². The number of hydrogen-bond acceptors (Lipinski definition) is 2. The maximum Gasteiger partial charge on any atom is 0.255 e. The molecular formula is C23H18FN3O. The molecule has 0 aliphatic carbocycles. The van der Waals surface area contributed by atoms with Crippen LogP contribution < -0.4 is 5.32 Å². The van der Waals surface area contributed by atoms with E-state index in [9.17, 15) is 9.18 Å². The molecule has 0 saturated carbocycles. The first kappa shape index (κ1) is 17.7. The van der Waals surface area contributed by atoms with Crippen LogP contribution in [-0.2, 0) is 0 Å². The Hall–Kier alpha value is -3.73. The van der Waals surface area contributed by atoms with Gasteiger partial charge in [-0.1, -0.05) is 48.0 Å². The van der Waals surface area contributed by atoms with Gasteiger partial charge in [0.05, 0.1) is 16.7 Å². The number of carbonyl (C=O) groups excluding carboxylic acids is 1. The normalized spacial score (nSPS) is 11.6. The van der Waals surface area contributed by atoms with Gasteiger partial charge in [0.15, 0.2) is 5.82 Å². The zero-order chi connectivity index (χ0) is 19.5. The van der Waals surface area contributed by atoms with E-state index in [4.69, 9.17) is 0 Å². The van der Waals surface area contributed by atoms with Crippen molar-refractivity contribution in [1.29, 1.82) is 0 Å². The predicted octanol–water partition coefficient (Wildman–Crippen LogP) is 4.94. The maximum atomic E-state index is 14.2. The van der Waals surface area contributed by atoms with Crippen LogP contribution in [0.25, 0.3) is 22.8 Å². The zero-order valence-electron chi connectivity index (χ0n) is 15.2. The molecule has 28 heavy (non-hydrogen) atoms. The van der Waals surface area contributed by atoms with Gasteiger partial charge in [-0.3, -0.25) is 4.79 Å². The molecule has 0 bridgehead atoms. The molecule has 1 heterocycles. The number of halogens is 1. The average molecular weight is 371 g/mol. The van der Waals surface area contributed by atoms with Crippen molar-refractivity contribution in [1.82, 2.24) is 15.3 Å². The molecule has 4 aromatic rings. The van der Waals surface area contributed by atoms with Crippen LogP contribution in [0.3, 0.4) is 0 Å². The van der Waals surface area contributed by atoms with Gasteiger partial charge in [-0.2, -0.15) is 0 Å². The minimum atomic E-state index is -0.374. The largest absolute Gasteiger partial charge is 0.337 e. The van der Waals surface area contributed by atoms with Crippen molar-refractivity contribution in [2.75, 3.05) is 0 Å². The van der Waals surface area contributed by atoms with E-state index in [-0.39, 0.29) is 11.7 Å². The fourth-order valence-electron chi connectivity index (χ4n) is 2.97. The van der Waals surface area contributed by atoms with E-state index >= 15 is 0 Å². The zero-order valence-corrected chi connectivity index (χ0v) is 15.2. The number of amides is 1. The second-order valence-electron chi connectivity index (χ2n) is 6.51. The third kappa shape index (κ3) is 3.69. The van der Waals surface area contributed by atoms with Crippen molar-refractivity contribution in [2.45, 2.75) is 6.92 Å². The molecule has 0 atom stereocenters. The van der Waals surface area contributed by atoms with Gasteiger partial charge in [-0.05, 0) is 43.3 Å². The Balaban J connectivity index is 1.77. The summed E-state index contributed by atoms with van der Waals surface area (Å²) < 4.78 is 14.2. The molecule has 138 valence electrons. The van der Waals surface area contributed by atoms with Crippen LogP contribution in [0.1, 0.15) is 27.3 Å². The number of fused-ring (bicyclic) bond motifs is 1. The summed E-state index contributed by atoms with van der Waals surface area (Å²) in [4.78, 5) is 20.5. The van der Waals surface area contributed by atoms with Crippen molar-refractivity contribution < 1.29 is 9.18 Å². The lowest BCUT2D eigenvalue weighted by Crippen LogP contribution is -2.22. The molecular weight excluding hydrogens is 353 g/mol. The topological polar surface area (TPSA) is 57.8 Å². The first-order chi connectivity index (χ1) is 13.6. The number of carbonyl (C=O) groups is 1. The highest BCUT2D eigenvalue weighted by Crippen LogP contribution is 2.20. The molecule has 0 aliphatic heterocycles. The predicted molar refractivity (Wildman–Crippen MR) is 109 cm³/mol. The van der Waals surface area contributed by atoms with Crippen LogP contribution in [0, 0.1) is 12.7 Å². The lowest BCUT2D eigenvalue weighted by atomic mass is 10.1.